The molecule has 1 unspecified atom stereocenters. The Hall–Kier alpha value is -1.30. The van der Waals surface area contributed by atoms with Crippen molar-refractivity contribution in [2.24, 2.45) is 0 Å². The molecule has 0 bridgehead atoms. The Balaban J connectivity index is 2.54. The predicted molar refractivity (Wildman–Crippen MR) is 45.4 cm³/mol. The molecule has 14 heavy (non-hydrogen) atoms. The van der Waals surface area contributed by atoms with E-state index in [1.165, 1.54) is 7.11 Å². The summed E-state index contributed by atoms with van der Waals surface area (Å²) < 4.78 is 4.47. The summed E-state index contributed by atoms with van der Waals surface area (Å²) in [5.74, 6) is -0.412. The van der Waals surface area contributed by atoms with Crippen molar-refractivity contribution >= 4 is 12.1 Å². The SMILES string of the molecule is COC(=O)CC1CNCCN1C(=O)[O-]. The Kier molecular flexibility index (Phi) is 3.70. The van der Waals surface area contributed by atoms with Gasteiger partial charge in [0.25, 0.3) is 0 Å². The summed E-state index contributed by atoms with van der Waals surface area (Å²) in [6.45, 7) is 1.40. The monoisotopic (exact) mass is 201 g/mol. The number of amides is 1. The molecule has 80 valence electrons. The molecule has 0 saturated carbocycles. The number of carbonyl (C=O) groups excluding carboxylic acids is 2. The lowest BCUT2D eigenvalue weighted by Crippen LogP contribution is -2.57. The van der Waals surface area contributed by atoms with Crippen molar-refractivity contribution in [1.82, 2.24) is 10.2 Å². The molecule has 1 heterocycles. The molecule has 0 radical (unpaired) electrons. The van der Waals surface area contributed by atoms with Crippen LogP contribution in [0.2, 0.25) is 0 Å². The van der Waals surface area contributed by atoms with Crippen LogP contribution < -0.4 is 10.4 Å². The number of nitrogens with one attached hydrogen (secondary N) is 1. The highest BCUT2D eigenvalue weighted by Crippen LogP contribution is 2.07. The highest BCUT2D eigenvalue weighted by molar-refractivity contribution is 5.71. The van der Waals surface area contributed by atoms with E-state index in [1.54, 1.807) is 0 Å². The van der Waals surface area contributed by atoms with Gasteiger partial charge in [-0.2, -0.15) is 0 Å². The summed E-state index contributed by atoms with van der Waals surface area (Å²) >= 11 is 0. The average molecular weight is 201 g/mol. The third kappa shape index (κ3) is 2.59. The molecular formula is C8H13N2O4-. The second-order valence-electron chi connectivity index (χ2n) is 3.10. The molecule has 0 spiro atoms. The van der Waals surface area contributed by atoms with Crippen LogP contribution in [-0.2, 0) is 9.53 Å². The number of esters is 1. The van der Waals surface area contributed by atoms with Gasteiger partial charge in [0.1, 0.15) is 6.09 Å². The van der Waals surface area contributed by atoms with Gasteiger partial charge in [0.05, 0.1) is 19.6 Å². The smallest absolute Gasteiger partial charge is 0.307 e. The van der Waals surface area contributed by atoms with Gasteiger partial charge < -0.3 is 24.9 Å². The Morgan fingerprint density at radius 1 is 1.64 bits per heavy atom. The lowest BCUT2D eigenvalue weighted by Gasteiger charge is -2.37. The zero-order chi connectivity index (χ0) is 10.6. The quantitative estimate of drug-likeness (QED) is 0.531. The topological polar surface area (TPSA) is 81.7 Å². The van der Waals surface area contributed by atoms with Crippen molar-refractivity contribution < 1.29 is 19.4 Å². The van der Waals surface area contributed by atoms with Crippen LogP contribution in [0.1, 0.15) is 6.42 Å². The van der Waals surface area contributed by atoms with E-state index in [9.17, 15) is 14.7 Å². The number of carboxylic acid groups (broad SMARTS) is 1. The lowest BCUT2D eigenvalue weighted by molar-refractivity contribution is -0.268. The number of hydrogen-bond donors (Lipinski definition) is 1. The number of rotatable bonds is 2. The first-order valence-corrected chi connectivity index (χ1v) is 4.40. The molecule has 1 amide bonds. The van der Waals surface area contributed by atoms with E-state index in [-0.39, 0.29) is 12.5 Å². The first kappa shape index (κ1) is 10.8. The van der Waals surface area contributed by atoms with Crippen LogP contribution in [0, 0.1) is 0 Å². The molecule has 1 saturated heterocycles. The summed E-state index contributed by atoms with van der Waals surface area (Å²) in [5.41, 5.74) is 0. The van der Waals surface area contributed by atoms with Crippen LogP contribution >= 0.6 is 0 Å². The van der Waals surface area contributed by atoms with Crippen LogP contribution in [-0.4, -0.2) is 49.7 Å². The van der Waals surface area contributed by atoms with Gasteiger partial charge in [-0.25, -0.2) is 0 Å². The third-order valence-electron chi connectivity index (χ3n) is 2.21. The van der Waals surface area contributed by atoms with Crippen molar-refractivity contribution in [2.75, 3.05) is 26.7 Å². The Morgan fingerprint density at radius 2 is 2.36 bits per heavy atom. The molecule has 0 aromatic rings. The lowest BCUT2D eigenvalue weighted by atomic mass is 10.1. The minimum absolute atomic E-state index is 0.0669. The van der Waals surface area contributed by atoms with Gasteiger partial charge in [-0.3, -0.25) is 4.79 Å². The minimum atomic E-state index is -1.24. The van der Waals surface area contributed by atoms with Crippen LogP contribution in [0.3, 0.4) is 0 Å². The van der Waals surface area contributed by atoms with Crippen molar-refractivity contribution in [3.8, 4) is 0 Å². The summed E-state index contributed by atoms with van der Waals surface area (Å²) in [6.07, 6.45) is -1.17. The van der Waals surface area contributed by atoms with Crippen LogP contribution in [0.25, 0.3) is 0 Å². The van der Waals surface area contributed by atoms with E-state index < -0.39 is 12.1 Å². The van der Waals surface area contributed by atoms with Gasteiger partial charge in [0.2, 0.25) is 0 Å². The number of ether oxygens (including phenoxy) is 1. The van der Waals surface area contributed by atoms with Crippen molar-refractivity contribution in [2.45, 2.75) is 12.5 Å². The zero-order valence-electron chi connectivity index (χ0n) is 7.99. The maximum atomic E-state index is 11.0. The number of hydrogen-bond acceptors (Lipinski definition) is 5. The average Bonchev–Trinajstić information content (AvgIpc) is 2.18. The molecule has 0 aliphatic carbocycles. The molecule has 1 rings (SSSR count). The molecule has 1 fully saturated rings. The number of nitrogens with zero attached hydrogens (tertiary/aromatic N) is 1. The molecule has 1 atom stereocenters. The Bertz CT molecular complexity index is 231. The first-order valence-electron chi connectivity index (χ1n) is 4.40. The van der Waals surface area contributed by atoms with Gasteiger partial charge in [-0.05, 0) is 0 Å². The molecule has 1 N–H and O–H groups in total. The standard InChI is InChI=1S/C8H14N2O4/c1-14-7(11)4-6-5-9-2-3-10(6)8(12)13/h6,9H,2-5H2,1H3,(H,12,13)/p-1. The van der Waals surface area contributed by atoms with E-state index in [1.807, 2.05) is 0 Å². The van der Waals surface area contributed by atoms with Gasteiger partial charge in [-0.15, -0.1) is 0 Å². The van der Waals surface area contributed by atoms with Gasteiger partial charge in [-0.1, -0.05) is 0 Å². The van der Waals surface area contributed by atoms with Crippen molar-refractivity contribution in [1.29, 1.82) is 0 Å². The summed E-state index contributed by atoms with van der Waals surface area (Å²) in [4.78, 5) is 22.8. The molecular weight excluding hydrogens is 188 g/mol. The Labute approximate surface area is 81.8 Å². The highest BCUT2D eigenvalue weighted by atomic mass is 16.5. The van der Waals surface area contributed by atoms with Gasteiger partial charge in [0, 0.05) is 19.6 Å². The van der Waals surface area contributed by atoms with Crippen molar-refractivity contribution in [3.63, 3.8) is 0 Å². The minimum Gasteiger partial charge on any atom is -0.530 e. The summed E-state index contributed by atoms with van der Waals surface area (Å²) in [5, 5.41) is 13.7. The second-order valence-corrected chi connectivity index (χ2v) is 3.10. The number of carbonyl (C=O) groups is 2. The Morgan fingerprint density at radius 3 is 2.93 bits per heavy atom. The first-order chi connectivity index (χ1) is 6.65. The predicted octanol–water partition coefficient (Wildman–Crippen LogP) is -1.83. The fraction of sp³-hybridized carbons (Fsp3) is 0.750. The van der Waals surface area contributed by atoms with E-state index in [0.717, 1.165) is 4.90 Å². The largest absolute Gasteiger partial charge is 0.530 e. The van der Waals surface area contributed by atoms with E-state index in [4.69, 9.17) is 0 Å². The molecule has 1 aliphatic rings. The molecule has 6 nitrogen and oxygen atoms in total. The fourth-order valence-corrected chi connectivity index (χ4v) is 1.46. The molecule has 0 aromatic heterocycles. The second kappa shape index (κ2) is 4.80. The van der Waals surface area contributed by atoms with Gasteiger partial charge >= 0.3 is 5.97 Å². The van der Waals surface area contributed by atoms with E-state index in [0.29, 0.717) is 19.6 Å². The summed E-state index contributed by atoms with van der Waals surface area (Å²) in [7, 11) is 1.28. The maximum Gasteiger partial charge on any atom is 0.307 e. The maximum absolute atomic E-state index is 11.0. The highest BCUT2D eigenvalue weighted by Gasteiger charge is 2.24. The van der Waals surface area contributed by atoms with Crippen LogP contribution in [0.5, 0.6) is 0 Å². The third-order valence-corrected chi connectivity index (χ3v) is 2.21. The molecule has 6 heteroatoms. The zero-order valence-corrected chi connectivity index (χ0v) is 7.99. The normalized spacial score (nSPS) is 21.8. The van der Waals surface area contributed by atoms with E-state index >= 15 is 0 Å². The molecule has 0 aromatic carbocycles. The van der Waals surface area contributed by atoms with Crippen molar-refractivity contribution in [3.05, 3.63) is 0 Å². The molecule has 1 aliphatic heterocycles. The fourth-order valence-electron chi connectivity index (χ4n) is 1.46. The number of piperazine rings is 1. The van der Waals surface area contributed by atoms with E-state index in [2.05, 4.69) is 10.1 Å². The van der Waals surface area contributed by atoms with Crippen LogP contribution in [0.4, 0.5) is 4.79 Å². The summed E-state index contributed by atoms with van der Waals surface area (Å²) in [6, 6.07) is -0.374. The van der Waals surface area contributed by atoms with Gasteiger partial charge in [0.15, 0.2) is 0 Å². The van der Waals surface area contributed by atoms with Crippen LogP contribution in [0.15, 0.2) is 0 Å². The number of methoxy groups -OCH3 is 1.